The predicted molar refractivity (Wildman–Crippen MR) is 63.2 cm³/mol. The molecule has 0 radical (unpaired) electrons. The molecule has 0 saturated carbocycles. The largest absolute Gasteiger partial charge is 0.417 e. The maximum atomic E-state index is 12.4. The van der Waals surface area contributed by atoms with Gasteiger partial charge in [0.25, 0.3) is 0 Å². The topological polar surface area (TPSA) is 67.8 Å². The monoisotopic (exact) mass is 282 g/mol. The molecule has 2 aromatic heterocycles. The molecule has 2 rings (SSSR count). The molecule has 20 heavy (non-hydrogen) atoms. The van der Waals surface area contributed by atoms with E-state index >= 15 is 0 Å². The molecule has 0 aliphatic heterocycles. The quantitative estimate of drug-likeness (QED) is 0.868. The minimum Gasteiger partial charge on any atom is -0.353 e. The number of carbonyl (C=O) groups is 1. The van der Waals surface area contributed by atoms with Crippen LogP contribution in [-0.2, 0) is 17.5 Å². The Morgan fingerprint density at radius 1 is 1.15 bits per heavy atom. The maximum Gasteiger partial charge on any atom is 0.417 e. The summed E-state index contributed by atoms with van der Waals surface area (Å²) in [7, 11) is 0. The second kappa shape index (κ2) is 5.64. The summed E-state index contributed by atoms with van der Waals surface area (Å²) in [5.74, 6) is 0. The van der Waals surface area contributed by atoms with Crippen molar-refractivity contribution in [2.75, 3.05) is 0 Å². The summed E-state index contributed by atoms with van der Waals surface area (Å²) in [4.78, 5) is 21.8. The van der Waals surface area contributed by atoms with Gasteiger partial charge < -0.3 is 5.32 Å². The van der Waals surface area contributed by atoms with Gasteiger partial charge in [-0.15, -0.1) is 0 Å². The Hall–Kier alpha value is -2.51. The smallest absolute Gasteiger partial charge is 0.353 e. The highest BCUT2D eigenvalue weighted by molar-refractivity contribution is 5.54. The van der Waals surface area contributed by atoms with E-state index < -0.39 is 11.7 Å². The number of amides is 1. The molecule has 1 amide bonds. The van der Waals surface area contributed by atoms with Crippen molar-refractivity contribution in [2.24, 2.45) is 0 Å². The Morgan fingerprint density at radius 3 is 2.55 bits per heavy atom. The number of aromatic nitrogens is 3. The molecule has 0 aromatic carbocycles. The lowest BCUT2D eigenvalue weighted by molar-refractivity contribution is -0.137. The van der Waals surface area contributed by atoms with Crippen molar-refractivity contribution >= 4 is 6.41 Å². The van der Waals surface area contributed by atoms with Gasteiger partial charge in [-0.25, -0.2) is 9.97 Å². The average Bonchev–Trinajstić information content (AvgIpc) is 2.45. The third-order valence-corrected chi connectivity index (χ3v) is 2.44. The molecule has 1 N–H and O–H groups in total. The van der Waals surface area contributed by atoms with E-state index in [0.29, 0.717) is 23.5 Å². The van der Waals surface area contributed by atoms with Gasteiger partial charge in [-0.05, 0) is 18.2 Å². The molecule has 0 fully saturated rings. The molecule has 0 unspecified atom stereocenters. The third-order valence-electron chi connectivity index (χ3n) is 2.44. The predicted octanol–water partition coefficient (Wildman–Crippen LogP) is 1.80. The zero-order valence-electron chi connectivity index (χ0n) is 10.1. The van der Waals surface area contributed by atoms with Crippen LogP contribution in [0.2, 0.25) is 0 Å². The van der Waals surface area contributed by atoms with E-state index in [1.807, 2.05) is 0 Å². The number of hydrogen-bond acceptors (Lipinski definition) is 4. The Morgan fingerprint density at radius 2 is 1.95 bits per heavy atom. The van der Waals surface area contributed by atoms with Crippen molar-refractivity contribution in [2.45, 2.75) is 12.7 Å². The number of hydrogen-bond donors (Lipinski definition) is 1. The Kier molecular flexibility index (Phi) is 3.92. The van der Waals surface area contributed by atoms with E-state index in [4.69, 9.17) is 0 Å². The first-order valence-corrected chi connectivity index (χ1v) is 5.52. The van der Waals surface area contributed by atoms with Crippen LogP contribution in [0.3, 0.4) is 0 Å². The molecule has 0 saturated heterocycles. The fourth-order valence-electron chi connectivity index (χ4n) is 1.49. The highest BCUT2D eigenvalue weighted by Gasteiger charge is 2.30. The van der Waals surface area contributed by atoms with Crippen molar-refractivity contribution in [3.63, 3.8) is 0 Å². The standard InChI is InChI=1S/C12H9F3N4O/c13-12(14,15)8-1-2-10(17-4-8)11-3-9(5-16-7-20)18-6-19-11/h1-4,6-7H,5H2,(H,16,20). The second-order valence-electron chi connectivity index (χ2n) is 3.82. The molecule has 2 heterocycles. The van der Waals surface area contributed by atoms with E-state index in [1.165, 1.54) is 12.4 Å². The molecule has 104 valence electrons. The van der Waals surface area contributed by atoms with Crippen molar-refractivity contribution in [1.29, 1.82) is 0 Å². The zero-order valence-corrected chi connectivity index (χ0v) is 10.1. The normalized spacial score (nSPS) is 11.2. The summed E-state index contributed by atoms with van der Waals surface area (Å²) < 4.78 is 37.3. The van der Waals surface area contributed by atoms with Gasteiger partial charge in [0.1, 0.15) is 6.33 Å². The summed E-state index contributed by atoms with van der Waals surface area (Å²) in [6.07, 6.45) is -1.88. The average molecular weight is 282 g/mol. The maximum absolute atomic E-state index is 12.4. The lowest BCUT2D eigenvalue weighted by Gasteiger charge is -2.07. The summed E-state index contributed by atoms with van der Waals surface area (Å²) in [5, 5.41) is 2.43. The van der Waals surface area contributed by atoms with E-state index in [0.717, 1.165) is 12.3 Å². The molecule has 5 nitrogen and oxygen atoms in total. The Balaban J connectivity index is 2.25. The van der Waals surface area contributed by atoms with Crippen LogP contribution in [-0.4, -0.2) is 21.4 Å². The first-order chi connectivity index (χ1) is 9.50. The van der Waals surface area contributed by atoms with Crippen LogP contribution in [0, 0.1) is 0 Å². The van der Waals surface area contributed by atoms with Crippen LogP contribution in [0.25, 0.3) is 11.4 Å². The van der Waals surface area contributed by atoms with Crippen LogP contribution in [0.1, 0.15) is 11.3 Å². The molecule has 0 spiro atoms. The highest BCUT2D eigenvalue weighted by Crippen LogP contribution is 2.29. The molecule has 0 aliphatic rings. The van der Waals surface area contributed by atoms with Gasteiger partial charge in [0.2, 0.25) is 6.41 Å². The minimum absolute atomic E-state index is 0.208. The molecule has 8 heteroatoms. The van der Waals surface area contributed by atoms with Gasteiger partial charge in [-0.1, -0.05) is 0 Å². The zero-order chi connectivity index (χ0) is 14.6. The fraction of sp³-hybridized carbons (Fsp3) is 0.167. The first kappa shape index (κ1) is 13.9. The van der Waals surface area contributed by atoms with Gasteiger partial charge >= 0.3 is 6.18 Å². The van der Waals surface area contributed by atoms with Crippen LogP contribution in [0.5, 0.6) is 0 Å². The molecular weight excluding hydrogens is 273 g/mol. The molecule has 0 bridgehead atoms. The third kappa shape index (κ3) is 3.28. The summed E-state index contributed by atoms with van der Waals surface area (Å²) in [6.45, 7) is 0.208. The SMILES string of the molecule is O=CNCc1cc(-c2ccc(C(F)(F)F)cn2)ncn1. The number of rotatable bonds is 4. The minimum atomic E-state index is -4.42. The van der Waals surface area contributed by atoms with Crippen LogP contribution >= 0.6 is 0 Å². The van der Waals surface area contributed by atoms with Gasteiger partial charge in [0.05, 0.1) is 29.2 Å². The number of nitrogens with one attached hydrogen (secondary N) is 1. The number of carbonyl (C=O) groups excluding carboxylic acids is 1. The van der Waals surface area contributed by atoms with E-state index in [2.05, 4.69) is 20.3 Å². The lowest BCUT2D eigenvalue weighted by Crippen LogP contribution is -2.11. The van der Waals surface area contributed by atoms with Crippen molar-refractivity contribution in [3.05, 3.63) is 42.0 Å². The van der Waals surface area contributed by atoms with Gasteiger partial charge in [0, 0.05) is 6.20 Å². The molecule has 0 aliphatic carbocycles. The van der Waals surface area contributed by atoms with Gasteiger partial charge in [-0.2, -0.15) is 13.2 Å². The Bertz CT molecular complexity index is 598. The van der Waals surface area contributed by atoms with Crippen LogP contribution in [0.4, 0.5) is 13.2 Å². The second-order valence-corrected chi connectivity index (χ2v) is 3.82. The molecular formula is C12H9F3N4O. The summed E-state index contributed by atoms with van der Waals surface area (Å²) >= 11 is 0. The lowest BCUT2D eigenvalue weighted by atomic mass is 10.2. The summed E-state index contributed by atoms with van der Waals surface area (Å²) in [5.41, 5.74) is 0.395. The summed E-state index contributed by atoms with van der Waals surface area (Å²) in [6, 6.07) is 3.72. The van der Waals surface area contributed by atoms with Crippen molar-refractivity contribution in [3.8, 4) is 11.4 Å². The van der Waals surface area contributed by atoms with E-state index in [-0.39, 0.29) is 6.54 Å². The highest BCUT2D eigenvalue weighted by atomic mass is 19.4. The van der Waals surface area contributed by atoms with Crippen molar-refractivity contribution in [1.82, 2.24) is 20.3 Å². The van der Waals surface area contributed by atoms with Gasteiger partial charge in [-0.3, -0.25) is 9.78 Å². The fourth-order valence-corrected chi connectivity index (χ4v) is 1.49. The number of pyridine rings is 1. The number of alkyl halides is 3. The molecule has 0 atom stereocenters. The van der Waals surface area contributed by atoms with Crippen molar-refractivity contribution < 1.29 is 18.0 Å². The first-order valence-electron chi connectivity index (χ1n) is 5.52. The van der Waals surface area contributed by atoms with E-state index in [9.17, 15) is 18.0 Å². The van der Waals surface area contributed by atoms with Crippen LogP contribution < -0.4 is 5.32 Å². The van der Waals surface area contributed by atoms with Gasteiger partial charge in [0.15, 0.2) is 0 Å². The number of nitrogens with zero attached hydrogens (tertiary/aromatic N) is 3. The number of halogens is 3. The Labute approximate surface area is 111 Å². The van der Waals surface area contributed by atoms with Crippen LogP contribution in [0.15, 0.2) is 30.7 Å². The van der Waals surface area contributed by atoms with E-state index in [1.54, 1.807) is 6.07 Å². The molecule has 2 aromatic rings.